The molecule has 0 aliphatic heterocycles. The third-order valence-electron chi connectivity index (χ3n) is 4.11. The lowest BCUT2D eigenvalue weighted by atomic mass is 9.85. The van der Waals surface area contributed by atoms with Crippen LogP contribution in [0.1, 0.15) is 57.6 Å². The van der Waals surface area contributed by atoms with Crippen molar-refractivity contribution in [1.82, 2.24) is 0 Å². The van der Waals surface area contributed by atoms with Crippen LogP contribution in [0.25, 0.3) is 0 Å². The van der Waals surface area contributed by atoms with Crippen molar-refractivity contribution in [2.45, 2.75) is 58.1 Å². The second-order valence-electron chi connectivity index (χ2n) is 5.58. The minimum atomic E-state index is 0.0431. The molecule has 19 heavy (non-hydrogen) atoms. The van der Waals surface area contributed by atoms with Crippen molar-refractivity contribution in [1.29, 1.82) is 0 Å². The first-order chi connectivity index (χ1) is 9.11. The third kappa shape index (κ3) is 3.73. The van der Waals surface area contributed by atoms with Gasteiger partial charge in [-0.15, -0.1) is 0 Å². The molecule has 0 amide bonds. The molecule has 3 heteroatoms. The van der Waals surface area contributed by atoms with E-state index in [-0.39, 0.29) is 6.04 Å². The fourth-order valence-corrected chi connectivity index (χ4v) is 3.64. The summed E-state index contributed by atoms with van der Waals surface area (Å²) in [7, 11) is 0. The van der Waals surface area contributed by atoms with Crippen molar-refractivity contribution in [3.8, 4) is 5.75 Å². The molecule has 2 nitrogen and oxygen atoms in total. The van der Waals surface area contributed by atoms with E-state index in [2.05, 4.69) is 35.0 Å². The lowest BCUT2D eigenvalue weighted by Crippen LogP contribution is -2.29. The van der Waals surface area contributed by atoms with Crippen molar-refractivity contribution < 1.29 is 4.74 Å². The van der Waals surface area contributed by atoms with Crippen molar-refractivity contribution in [2.75, 3.05) is 0 Å². The van der Waals surface area contributed by atoms with Gasteiger partial charge in [-0.05, 0) is 56.2 Å². The van der Waals surface area contributed by atoms with Crippen LogP contribution in [0.3, 0.4) is 0 Å². The molecule has 1 aromatic carbocycles. The average Bonchev–Trinajstić information content (AvgIpc) is 2.39. The van der Waals surface area contributed by atoms with Gasteiger partial charge in [-0.3, -0.25) is 0 Å². The van der Waals surface area contributed by atoms with Crippen LogP contribution in [0.4, 0.5) is 0 Å². The third-order valence-corrected chi connectivity index (χ3v) is 4.80. The predicted octanol–water partition coefficient (Wildman–Crippen LogP) is 4.82. The van der Waals surface area contributed by atoms with E-state index in [1.54, 1.807) is 0 Å². The predicted molar refractivity (Wildman–Crippen MR) is 83.4 cm³/mol. The van der Waals surface area contributed by atoms with Gasteiger partial charge in [0.05, 0.1) is 0 Å². The molecule has 1 fully saturated rings. The summed E-state index contributed by atoms with van der Waals surface area (Å²) < 4.78 is 7.25. The summed E-state index contributed by atoms with van der Waals surface area (Å²) in [5, 5.41) is 0. The van der Waals surface area contributed by atoms with E-state index in [0.717, 1.165) is 15.8 Å². The fourth-order valence-electron chi connectivity index (χ4n) is 2.92. The molecule has 3 atom stereocenters. The van der Waals surface area contributed by atoms with Gasteiger partial charge in [0.2, 0.25) is 0 Å². The molecule has 1 aliphatic rings. The quantitative estimate of drug-likeness (QED) is 0.861. The van der Waals surface area contributed by atoms with Crippen molar-refractivity contribution in [3.05, 3.63) is 28.2 Å². The van der Waals surface area contributed by atoms with E-state index < -0.39 is 0 Å². The highest BCUT2D eigenvalue weighted by atomic mass is 79.9. The van der Waals surface area contributed by atoms with Crippen LogP contribution in [0.2, 0.25) is 0 Å². The summed E-state index contributed by atoms with van der Waals surface area (Å²) in [5.41, 5.74) is 7.05. The van der Waals surface area contributed by atoms with Gasteiger partial charge < -0.3 is 10.5 Å². The van der Waals surface area contributed by atoms with E-state index >= 15 is 0 Å². The zero-order valence-electron chi connectivity index (χ0n) is 11.9. The number of benzene rings is 1. The summed E-state index contributed by atoms with van der Waals surface area (Å²) in [5.74, 6) is 1.67. The second kappa shape index (κ2) is 6.76. The molecule has 2 rings (SSSR count). The second-order valence-corrected chi connectivity index (χ2v) is 6.44. The first kappa shape index (κ1) is 14.9. The molecule has 1 saturated carbocycles. The summed E-state index contributed by atoms with van der Waals surface area (Å²) in [6.45, 7) is 4.26. The minimum absolute atomic E-state index is 0.0431. The van der Waals surface area contributed by atoms with Gasteiger partial charge in [-0.25, -0.2) is 0 Å². The maximum absolute atomic E-state index is 6.20. The number of halogens is 1. The van der Waals surface area contributed by atoms with Crippen LogP contribution in [-0.4, -0.2) is 6.10 Å². The number of rotatable bonds is 4. The molecule has 106 valence electrons. The van der Waals surface area contributed by atoms with Gasteiger partial charge in [0.15, 0.2) is 0 Å². The van der Waals surface area contributed by atoms with Gasteiger partial charge in [0.1, 0.15) is 11.9 Å². The Bertz CT molecular complexity index is 419. The average molecular weight is 326 g/mol. The Morgan fingerprint density at radius 2 is 2.11 bits per heavy atom. The lowest BCUT2D eigenvalue weighted by Gasteiger charge is -2.31. The Morgan fingerprint density at radius 3 is 2.74 bits per heavy atom. The van der Waals surface area contributed by atoms with Gasteiger partial charge >= 0.3 is 0 Å². The van der Waals surface area contributed by atoms with Crippen LogP contribution in [0.15, 0.2) is 22.7 Å². The van der Waals surface area contributed by atoms with Crippen LogP contribution < -0.4 is 10.5 Å². The van der Waals surface area contributed by atoms with Crippen molar-refractivity contribution >= 4 is 15.9 Å². The Hall–Kier alpha value is -0.540. The van der Waals surface area contributed by atoms with E-state index in [1.807, 2.05) is 13.0 Å². The highest BCUT2D eigenvalue weighted by Crippen LogP contribution is 2.32. The molecule has 0 saturated heterocycles. The molecule has 0 spiro atoms. The van der Waals surface area contributed by atoms with Crippen LogP contribution in [0.5, 0.6) is 5.75 Å². The smallest absolute Gasteiger partial charge is 0.120 e. The van der Waals surface area contributed by atoms with Crippen LogP contribution in [-0.2, 0) is 0 Å². The first-order valence-electron chi connectivity index (χ1n) is 7.33. The zero-order valence-corrected chi connectivity index (χ0v) is 13.4. The molecule has 0 heterocycles. The molecule has 0 bridgehead atoms. The topological polar surface area (TPSA) is 35.2 Å². The Morgan fingerprint density at radius 1 is 1.37 bits per heavy atom. The number of ether oxygens (including phenoxy) is 1. The van der Waals surface area contributed by atoms with Crippen LogP contribution >= 0.6 is 15.9 Å². The normalized spacial score (nSPS) is 25.1. The molecule has 1 aromatic rings. The first-order valence-corrected chi connectivity index (χ1v) is 8.12. The van der Waals surface area contributed by atoms with E-state index in [0.29, 0.717) is 12.0 Å². The minimum Gasteiger partial charge on any atom is -0.490 e. The fraction of sp³-hybridized carbons (Fsp3) is 0.625. The van der Waals surface area contributed by atoms with Gasteiger partial charge in [-0.1, -0.05) is 35.3 Å². The van der Waals surface area contributed by atoms with E-state index in [9.17, 15) is 0 Å². The Kier molecular flexibility index (Phi) is 5.28. The van der Waals surface area contributed by atoms with E-state index in [1.165, 1.54) is 32.1 Å². The highest BCUT2D eigenvalue weighted by molar-refractivity contribution is 9.10. The summed E-state index contributed by atoms with van der Waals surface area (Å²) in [4.78, 5) is 0. The Labute approximate surface area is 124 Å². The summed E-state index contributed by atoms with van der Waals surface area (Å²) in [6, 6.07) is 6.21. The van der Waals surface area contributed by atoms with E-state index in [4.69, 9.17) is 10.5 Å². The van der Waals surface area contributed by atoms with Gasteiger partial charge in [0.25, 0.3) is 0 Å². The van der Waals surface area contributed by atoms with Crippen LogP contribution in [0, 0.1) is 5.92 Å². The molecule has 0 aromatic heterocycles. The standard InChI is InChI=1S/C16H24BrNO/c1-3-12-6-4-5-7-16(12)19-13-8-9-14(11(2)18)15(17)10-13/h8-12,16H,3-7,18H2,1-2H3/t11-,12?,16?/m1/s1. The van der Waals surface area contributed by atoms with Crippen molar-refractivity contribution in [2.24, 2.45) is 11.7 Å². The van der Waals surface area contributed by atoms with Crippen molar-refractivity contribution in [3.63, 3.8) is 0 Å². The highest BCUT2D eigenvalue weighted by Gasteiger charge is 2.25. The number of nitrogens with two attached hydrogens (primary N) is 1. The maximum Gasteiger partial charge on any atom is 0.120 e. The monoisotopic (exact) mass is 325 g/mol. The zero-order chi connectivity index (χ0) is 13.8. The summed E-state index contributed by atoms with van der Waals surface area (Å²) in [6.07, 6.45) is 6.73. The summed E-state index contributed by atoms with van der Waals surface area (Å²) >= 11 is 3.58. The number of hydrogen-bond donors (Lipinski definition) is 1. The molecular weight excluding hydrogens is 302 g/mol. The maximum atomic E-state index is 6.20. The lowest BCUT2D eigenvalue weighted by molar-refractivity contribution is 0.0903. The molecule has 2 N–H and O–H groups in total. The molecule has 1 aliphatic carbocycles. The molecule has 0 radical (unpaired) electrons. The largest absolute Gasteiger partial charge is 0.490 e. The SMILES string of the molecule is CCC1CCCCC1Oc1ccc([C@@H](C)N)c(Br)c1. The number of hydrogen-bond acceptors (Lipinski definition) is 2. The molecule has 2 unspecified atom stereocenters. The Balaban J connectivity index is 2.08. The van der Waals surface area contributed by atoms with Gasteiger partial charge in [-0.2, -0.15) is 0 Å². The van der Waals surface area contributed by atoms with Gasteiger partial charge in [0, 0.05) is 10.5 Å². The molecular formula is C16H24BrNO.